The molecule has 2 aromatic carbocycles. The molecule has 0 radical (unpaired) electrons. The van der Waals surface area contributed by atoms with E-state index in [-0.39, 0.29) is 18.5 Å². The van der Waals surface area contributed by atoms with Gasteiger partial charge in [0.25, 0.3) is 0 Å². The SMILES string of the molecule is O=C(CN(C(=O)CCC(=O)Nc1ccccn1)c1cccc(C(F)(F)F)c1)NCCc1ccccc1. The molecule has 10 heteroatoms. The zero-order chi connectivity index (χ0) is 26.0. The Morgan fingerprint density at radius 3 is 2.31 bits per heavy atom. The van der Waals surface area contributed by atoms with Gasteiger partial charge in [0.15, 0.2) is 0 Å². The molecular formula is C26H25F3N4O3. The van der Waals surface area contributed by atoms with Crippen molar-refractivity contribution in [2.75, 3.05) is 23.3 Å². The van der Waals surface area contributed by atoms with Gasteiger partial charge in [-0.25, -0.2) is 4.98 Å². The molecule has 0 saturated heterocycles. The summed E-state index contributed by atoms with van der Waals surface area (Å²) >= 11 is 0. The zero-order valence-electron chi connectivity index (χ0n) is 19.3. The third-order valence-electron chi connectivity index (χ3n) is 5.16. The number of carbonyl (C=O) groups is 3. The first kappa shape index (κ1) is 26.4. The summed E-state index contributed by atoms with van der Waals surface area (Å²) in [5.41, 5.74) is -0.0316. The zero-order valence-corrected chi connectivity index (χ0v) is 19.3. The van der Waals surface area contributed by atoms with Gasteiger partial charge in [0.05, 0.1) is 5.56 Å². The highest BCUT2D eigenvalue weighted by molar-refractivity contribution is 6.01. The van der Waals surface area contributed by atoms with E-state index in [2.05, 4.69) is 15.6 Å². The lowest BCUT2D eigenvalue weighted by Gasteiger charge is -2.23. The number of amides is 3. The normalized spacial score (nSPS) is 11.0. The van der Waals surface area contributed by atoms with Crippen LogP contribution in [0.4, 0.5) is 24.7 Å². The van der Waals surface area contributed by atoms with Gasteiger partial charge in [-0.1, -0.05) is 42.5 Å². The van der Waals surface area contributed by atoms with Crippen LogP contribution in [-0.2, 0) is 27.0 Å². The van der Waals surface area contributed by atoms with Crippen molar-refractivity contribution in [2.45, 2.75) is 25.4 Å². The van der Waals surface area contributed by atoms with E-state index in [1.807, 2.05) is 30.3 Å². The standard InChI is InChI=1S/C26H25F3N4O3/c27-26(28,29)20-9-6-10-21(17-20)33(18-24(35)31-16-14-19-7-2-1-3-8-19)25(36)13-12-23(34)32-22-11-4-5-15-30-22/h1-11,15,17H,12-14,16,18H2,(H,31,35)(H,30,32,34). The Bertz CT molecular complexity index is 1170. The van der Waals surface area contributed by atoms with Crippen LogP contribution in [0.5, 0.6) is 0 Å². The predicted octanol–water partition coefficient (Wildman–Crippen LogP) is 4.21. The summed E-state index contributed by atoms with van der Waals surface area (Å²) in [5, 5.41) is 5.23. The lowest BCUT2D eigenvalue weighted by Crippen LogP contribution is -2.41. The molecular weight excluding hydrogens is 473 g/mol. The summed E-state index contributed by atoms with van der Waals surface area (Å²) in [4.78, 5) is 42.7. The summed E-state index contributed by atoms with van der Waals surface area (Å²) in [6.07, 6.45) is -3.12. The second kappa shape index (κ2) is 12.5. The third-order valence-corrected chi connectivity index (χ3v) is 5.16. The van der Waals surface area contributed by atoms with Gasteiger partial charge in [0, 0.05) is 31.3 Å². The fourth-order valence-electron chi connectivity index (χ4n) is 3.36. The van der Waals surface area contributed by atoms with Crippen molar-refractivity contribution < 1.29 is 27.6 Å². The molecule has 0 aliphatic heterocycles. The molecule has 7 nitrogen and oxygen atoms in total. The highest BCUT2D eigenvalue weighted by Crippen LogP contribution is 2.31. The van der Waals surface area contributed by atoms with Crippen LogP contribution >= 0.6 is 0 Å². The quantitative estimate of drug-likeness (QED) is 0.438. The predicted molar refractivity (Wildman–Crippen MR) is 129 cm³/mol. The second-order valence-electron chi connectivity index (χ2n) is 7.88. The third kappa shape index (κ3) is 8.23. The minimum Gasteiger partial charge on any atom is -0.354 e. The van der Waals surface area contributed by atoms with Crippen LogP contribution in [0.3, 0.4) is 0 Å². The van der Waals surface area contributed by atoms with Gasteiger partial charge in [0.1, 0.15) is 12.4 Å². The molecule has 3 rings (SSSR count). The maximum absolute atomic E-state index is 13.2. The Kier molecular flexibility index (Phi) is 9.15. The van der Waals surface area contributed by atoms with Crippen molar-refractivity contribution in [2.24, 2.45) is 0 Å². The number of benzene rings is 2. The van der Waals surface area contributed by atoms with Crippen LogP contribution in [0.25, 0.3) is 0 Å². The van der Waals surface area contributed by atoms with E-state index in [9.17, 15) is 27.6 Å². The average Bonchev–Trinajstić information content (AvgIpc) is 2.87. The van der Waals surface area contributed by atoms with E-state index in [0.29, 0.717) is 18.8 Å². The fourth-order valence-corrected chi connectivity index (χ4v) is 3.36. The maximum Gasteiger partial charge on any atom is 0.416 e. The van der Waals surface area contributed by atoms with E-state index in [4.69, 9.17) is 0 Å². The summed E-state index contributed by atoms with van der Waals surface area (Å²) in [6, 6.07) is 18.5. The topological polar surface area (TPSA) is 91.4 Å². The van der Waals surface area contributed by atoms with Crippen LogP contribution in [0.15, 0.2) is 79.0 Å². The first-order valence-corrected chi connectivity index (χ1v) is 11.2. The molecule has 0 saturated carbocycles. The molecule has 0 aliphatic rings. The molecule has 3 aromatic rings. The Morgan fingerprint density at radius 1 is 0.861 bits per heavy atom. The summed E-state index contributed by atoms with van der Waals surface area (Å²) in [5.74, 6) is -1.38. The Labute approximate surface area is 206 Å². The summed E-state index contributed by atoms with van der Waals surface area (Å²) in [6.45, 7) is -0.198. The number of rotatable bonds is 10. The summed E-state index contributed by atoms with van der Waals surface area (Å²) < 4.78 is 39.7. The van der Waals surface area contributed by atoms with Crippen LogP contribution in [0.2, 0.25) is 0 Å². The van der Waals surface area contributed by atoms with Crippen molar-refractivity contribution in [3.8, 4) is 0 Å². The number of hydrogen-bond donors (Lipinski definition) is 2. The maximum atomic E-state index is 13.2. The van der Waals surface area contributed by atoms with Gasteiger partial charge in [-0.3, -0.25) is 14.4 Å². The molecule has 0 bridgehead atoms. The Hall–Kier alpha value is -4.21. The number of aromatic nitrogens is 1. The van der Waals surface area contributed by atoms with Crippen LogP contribution in [0.1, 0.15) is 24.0 Å². The minimum absolute atomic E-state index is 0.0850. The number of halogens is 3. The minimum atomic E-state index is -4.62. The first-order chi connectivity index (χ1) is 17.2. The smallest absolute Gasteiger partial charge is 0.354 e. The molecule has 188 valence electrons. The molecule has 1 heterocycles. The molecule has 0 unspecified atom stereocenters. The van der Waals surface area contributed by atoms with E-state index in [1.165, 1.54) is 18.3 Å². The Balaban J connectivity index is 1.67. The molecule has 36 heavy (non-hydrogen) atoms. The molecule has 3 amide bonds. The van der Waals surface area contributed by atoms with Gasteiger partial charge in [-0.15, -0.1) is 0 Å². The lowest BCUT2D eigenvalue weighted by molar-refractivity contribution is -0.137. The number of alkyl halides is 3. The van der Waals surface area contributed by atoms with Gasteiger partial charge in [-0.2, -0.15) is 13.2 Å². The van der Waals surface area contributed by atoms with Crippen LogP contribution < -0.4 is 15.5 Å². The first-order valence-electron chi connectivity index (χ1n) is 11.2. The second-order valence-corrected chi connectivity index (χ2v) is 7.88. The van der Waals surface area contributed by atoms with Crippen molar-refractivity contribution in [1.82, 2.24) is 10.3 Å². The van der Waals surface area contributed by atoms with Crippen molar-refractivity contribution >= 4 is 29.2 Å². The van der Waals surface area contributed by atoms with Crippen LogP contribution in [-0.4, -0.2) is 35.8 Å². The molecule has 2 N–H and O–H groups in total. The van der Waals surface area contributed by atoms with E-state index < -0.39 is 36.0 Å². The van der Waals surface area contributed by atoms with E-state index in [0.717, 1.165) is 22.6 Å². The largest absolute Gasteiger partial charge is 0.416 e. The van der Waals surface area contributed by atoms with Crippen LogP contribution in [0, 0.1) is 0 Å². The van der Waals surface area contributed by atoms with Crippen molar-refractivity contribution in [1.29, 1.82) is 0 Å². The van der Waals surface area contributed by atoms with Gasteiger partial charge in [0.2, 0.25) is 17.7 Å². The number of nitrogens with one attached hydrogen (secondary N) is 2. The van der Waals surface area contributed by atoms with Gasteiger partial charge in [-0.05, 0) is 42.3 Å². The Morgan fingerprint density at radius 2 is 1.61 bits per heavy atom. The highest BCUT2D eigenvalue weighted by atomic mass is 19.4. The van der Waals surface area contributed by atoms with Crippen molar-refractivity contribution in [3.63, 3.8) is 0 Å². The molecule has 1 aromatic heterocycles. The summed E-state index contributed by atoms with van der Waals surface area (Å²) in [7, 11) is 0. The molecule has 0 atom stereocenters. The van der Waals surface area contributed by atoms with E-state index in [1.54, 1.807) is 18.2 Å². The average molecular weight is 499 g/mol. The van der Waals surface area contributed by atoms with Crippen molar-refractivity contribution in [3.05, 3.63) is 90.1 Å². The number of carbonyl (C=O) groups excluding carboxylic acids is 3. The molecule has 0 fully saturated rings. The van der Waals surface area contributed by atoms with E-state index >= 15 is 0 Å². The number of anilines is 2. The highest BCUT2D eigenvalue weighted by Gasteiger charge is 2.31. The number of pyridine rings is 1. The van der Waals surface area contributed by atoms with Gasteiger partial charge < -0.3 is 15.5 Å². The number of nitrogens with zero attached hydrogens (tertiary/aromatic N) is 2. The lowest BCUT2D eigenvalue weighted by atomic mass is 10.1. The molecule has 0 aliphatic carbocycles. The molecule has 0 spiro atoms. The monoisotopic (exact) mass is 498 g/mol. The number of hydrogen-bond acceptors (Lipinski definition) is 4. The fraction of sp³-hybridized carbons (Fsp3) is 0.231. The van der Waals surface area contributed by atoms with Gasteiger partial charge >= 0.3 is 6.18 Å².